The summed E-state index contributed by atoms with van der Waals surface area (Å²) in [4.78, 5) is 10.6. The van der Waals surface area contributed by atoms with E-state index in [2.05, 4.69) is 4.74 Å². The van der Waals surface area contributed by atoms with Crippen molar-refractivity contribution in [1.82, 2.24) is 0 Å². The number of aryl methyl sites for hydroxylation is 1. The van der Waals surface area contributed by atoms with Gasteiger partial charge in [-0.15, -0.1) is 0 Å². The lowest BCUT2D eigenvalue weighted by molar-refractivity contribution is -0.147. The van der Waals surface area contributed by atoms with E-state index >= 15 is 0 Å². The molecule has 0 heterocycles. The maximum Gasteiger partial charge on any atom is 0.387 e. The van der Waals surface area contributed by atoms with Gasteiger partial charge in [0.2, 0.25) is 0 Å². The number of carboxylic acids is 1. The molecule has 4 nitrogen and oxygen atoms in total. The molecule has 0 saturated carbocycles. The summed E-state index contributed by atoms with van der Waals surface area (Å²) < 4.78 is 28.4. The Bertz CT molecular complexity index is 392. The first-order chi connectivity index (χ1) is 7.43. The maximum absolute atomic E-state index is 12.1. The fraction of sp³-hybridized carbons (Fsp3) is 0.300. The molecule has 0 aliphatic heterocycles. The Balaban J connectivity index is 3.17. The van der Waals surface area contributed by atoms with Gasteiger partial charge in [-0.2, -0.15) is 8.78 Å². The molecule has 0 radical (unpaired) electrons. The molecule has 1 aromatic rings. The Kier molecular flexibility index (Phi) is 3.78. The Hall–Kier alpha value is -1.69. The number of hydrogen-bond acceptors (Lipinski definition) is 3. The van der Waals surface area contributed by atoms with Crippen LogP contribution in [0.4, 0.5) is 8.78 Å². The first-order valence-electron chi connectivity index (χ1n) is 4.38. The van der Waals surface area contributed by atoms with Gasteiger partial charge in [-0.3, -0.25) is 0 Å². The van der Waals surface area contributed by atoms with Gasteiger partial charge in [0.25, 0.3) is 0 Å². The number of hydrogen-bond donors (Lipinski definition) is 2. The van der Waals surface area contributed by atoms with E-state index in [1.54, 1.807) is 0 Å². The zero-order valence-electron chi connectivity index (χ0n) is 8.35. The highest BCUT2D eigenvalue weighted by Crippen LogP contribution is 2.30. The SMILES string of the molecule is Cc1cccc(C(O)C(=O)O)c1OC(F)F. The lowest BCUT2D eigenvalue weighted by Gasteiger charge is -2.15. The highest BCUT2D eigenvalue weighted by Gasteiger charge is 2.23. The summed E-state index contributed by atoms with van der Waals surface area (Å²) in [5, 5.41) is 17.9. The van der Waals surface area contributed by atoms with E-state index in [0.29, 0.717) is 5.56 Å². The summed E-state index contributed by atoms with van der Waals surface area (Å²) in [6.07, 6.45) is -1.88. The second-order valence-electron chi connectivity index (χ2n) is 3.11. The molecule has 0 bridgehead atoms. The monoisotopic (exact) mass is 232 g/mol. The summed E-state index contributed by atoms with van der Waals surface area (Å²) in [5.74, 6) is -1.82. The Morgan fingerprint density at radius 2 is 2.06 bits per heavy atom. The quantitative estimate of drug-likeness (QED) is 0.829. The third kappa shape index (κ3) is 2.66. The molecule has 0 saturated heterocycles. The van der Waals surface area contributed by atoms with Crippen molar-refractivity contribution >= 4 is 5.97 Å². The van der Waals surface area contributed by atoms with Crippen LogP contribution in [-0.2, 0) is 4.79 Å². The largest absolute Gasteiger partial charge is 0.479 e. The van der Waals surface area contributed by atoms with Crippen LogP contribution in [0.1, 0.15) is 17.2 Å². The van der Waals surface area contributed by atoms with Crippen molar-refractivity contribution in [2.75, 3.05) is 0 Å². The second kappa shape index (κ2) is 4.89. The minimum Gasteiger partial charge on any atom is -0.479 e. The smallest absolute Gasteiger partial charge is 0.387 e. The average molecular weight is 232 g/mol. The van der Waals surface area contributed by atoms with Crippen LogP contribution in [0, 0.1) is 6.92 Å². The first-order valence-corrected chi connectivity index (χ1v) is 4.38. The van der Waals surface area contributed by atoms with E-state index in [9.17, 15) is 18.7 Å². The predicted octanol–water partition coefficient (Wildman–Crippen LogP) is 1.71. The third-order valence-electron chi connectivity index (χ3n) is 1.98. The normalized spacial score (nSPS) is 12.6. The molecule has 1 aromatic carbocycles. The van der Waals surface area contributed by atoms with Gasteiger partial charge in [0.05, 0.1) is 0 Å². The van der Waals surface area contributed by atoms with Crippen LogP contribution in [-0.4, -0.2) is 22.8 Å². The van der Waals surface area contributed by atoms with Crippen molar-refractivity contribution in [2.45, 2.75) is 19.6 Å². The van der Waals surface area contributed by atoms with Crippen molar-refractivity contribution in [3.8, 4) is 5.75 Å². The molecule has 88 valence electrons. The maximum atomic E-state index is 12.1. The Labute approximate surface area is 90.1 Å². The Morgan fingerprint density at radius 1 is 1.44 bits per heavy atom. The van der Waals surface area contributed by atoms with Gasteiger partial charge in [0.1, 0.15) is 5.75 Å². The number of rotatable bonds is 4. The fourth-order valence-corrected chi connectivity index (χ4v) is 1.27. The van der Waals surface area contributed by atoms with Gasteiger partial charge < -0.3 is 14.9 Å². The molecule has 0 aliphatic rings. The molecule has 0 aliphatic carbocycles. The van der Waals surface area contributed by atoms with Crippen LogP contribution < -0.4 is 4.74 Å². The van der Waals surface area contributed by atoms with Gasteiger partial charge >= 0.3 is 12.6 Å². The molecule has 0 spiro atoms. The average Bonchev–Trinajstić information content (AvgIpc) is 2.19. The van der Waals surface area contributed by atoms with Crippen molar-refractivity contribution in [1.29, 1.82) is 0 Å². The van der Waals surface area contributed by atoms with Crippen LogP contribution in [0.5, 0.6) is 5.75 Å². The van der Waals surface area contributed by atoms with Crippen LogP contribution >= 0.6 is 0 Å². The van der Waals surface area contributed by atoms with Crippen molar-refractivity contribution in [3.63, 3.8) is 0 Å². The van der Waals surface area contributed by atoms with Crippen molar-refractivity contribution < 1.29 is 28.5 Å². The van der Waals surface area contributed by atoms with E-state index in [1.807, 2.05) is 0 Å². The number of halogens is 2. The van der Waals surface area contributed by atoms with Crippen LogP contribution in [0.3, 0.4) is 0 Å². The predicted molar refractivity (Wildman–Crippen MR) is 50.4 cm³/mol. The van der Waals surface area contributed by atoms with Gasteiger partial charge in [-0.05, 0) is 12.5 Å². The summed E-state index contributed by atoms with van der Waals surface area (Å²) in [5.41, 5.74) is 0.144. The number of carbonyl (C=O) groups is 1. The molecular weight excluding hydrogens is 222 g/mol. The number of aliphatic hydroxyl groups is 1. The summed E-state index contributed by atoms with van der Waals surface area (Å²) in [6, 6.07) is 4.16. The zero-order chi connectivity index (χ0) is 12.3. The van der Waals surface area contributed by atoms with E-state index in [4.69, 9.17) is 5.11 Å². The molecule has 1 unspecified atom stereocenters. The molecule has 1 atom stereocenters. The highest BCUT2D eigenvalue weighted by molar-refractivity contribution is 5.75. The number of aliphatic carboxylic acids is 1. The van der Waals surface area contributed by atoms with Crippen LogP contribution in [0.25, 0.3) is 0 Å². The molecule has 2 N–H and O–H groups in total. The summed E-state index contributed by atoms with van der Waals surface area (Å²) in [7, 11) is 0. The molecule has 1 rings (SSSR count). The number of alkyl halides is 2. The minimum absolute atomic E-state index is 0.187. The molecule has 16 heavy (non-hydrogen) atoms. The number of carboxylic acid groups (broad SMARTS) is 1. The number of ether oxygens (including phenoxy) is 1. The number of benzene rings is 1. The lowest BCUT2D eigenvalue weighted by Crippen LogP contribution is -2.14. The van der Waals surface area contributed by atoms with E-state index in [-0.39, 0.29) is 11.3 Å². The Morgan fingerprint density at radius 3 is 2.56 bits per heavy atom. The van der Waals surface area contributed by atoms with E-state index < -0.39 is 18.7 Å². The number of aliphatic hydroxyl groups excluding tert-OH is 1. The second-order valence-corrected chi connectivity index (χ2v) is 3.11. The topological polar surface area (TPSA) is 66.8 Å². The highest BCUT2D eigenvalue weighted by atomic mass is 19.3. The van der Waals surface area contributed by atoms with E-state index in [1.165, 1.54) is 25.1 Å². The van der Waals surface area contributed by atoms with Gasteiger partial charge in [0, 0.05) is 5.56 Å². The van der Waals surface area contributed by atoms with Gasteiger partial charge in [-0.1, -0.05) is 18.2 Å². The molecule has 6 heteroatoms. The fourth-order valence-electron chi connectivity index (χ4n) is 1.27. The number of para-hydroxylation sites is 1. The van der Waals surface area contributed by atoms with Gasteiger partial charge in [0.15, 0.2) is 6.10 Å². The standard InChI is InChI=1S/C10H10F2O4/c1-5-3-2-4-6(7(13)9(14)15)8(5)16-10(11)12/h2-4,7,10,13H,1H3,(H,14,15). The third-order valence-corrected chi connectivity index (χ3v) is 1.98. The molecule has 0 amide bonds. The molecule has 0 fully saturated rings. The lowest BCUT2D eigenvalue weighted by atomic mass is 10.0. The molecular formula is C10H10F2O4. The van der Waals surface area contributed by atoms with Crippen molar-refractivity contribution in [3.05, 3.63) is 29.3 Å². The minimum atomic E-state index is -3.07. The van der Waals surface area contributed by atoms with Gasteiger partial charge in [-0.25, -0.2) is 4.79 Å². The van der Waals surface area contributed by atoms with Crippen LogP contribution in [0.15, 0.2) is 18.2 Å². The summed E-state index contributed by atoms with van der Waals surface area (Å²) >= 11 is 0. The van der Waals surface area contributed by atoms with Crippen LogP contribution in [0.2, 0.25) is 0 Å². The molecule has 0 aromatic heterocycles. The zero-order valence-corrected chi connectivity index (χ0v) is 8.35. The first kappa shape index (κ1) is 12.4. The van der Waals surface area contributed by atoms with E-state index in [0.717, 1.165) is 0 Å². The summed E-state index contributed by atoms with van der Waals surface area (Å²) in [6.45, 7) is -1.59. The van der Waals surface area contributed by atoms with Crippen molar-refractivity contribution in [2.24, 2.45) is 0 Å².